The van der Waals surface area contributed by atoms with Gasteiger partial charge in [0.15, 0.2) is 0 Å². The molecule has 0 radical (unpaired) electrons. The lowest BCUT2D eigenvalue weighted by molar-refractivity contribution is -0.139. The second-order valence-electron chi connectivity index (χ2n) is 4.08. The molecule has 0 aliphatic rings. The molecule has 0 fully saturated rings. The van der Waals surface area contributed by atoms with Crippen LogP contribution >= 0.6 is 0 Å². The Balaban J connectivity index is 0.000000327. The molecule has 0 saturated heterocycles. The Bertz CT molecular complexity index is 362. The van der Waals surface area contributed by atoms with Gasteiger partial charge in [0, 0.05) is 18.6 Å². The van der Waals surface area contributed by atoms with E-state index >= 15 is 0 Å². The first-order valence-corrected chi connectivity index (χ1v) is 5.94. The van der Waals surface area contributed by atoms with Crippen molar-refractivity contribution in [1.29, 1.82) is 0 Å². The number of ether oxygens (including phenoxy) is 1. The van der Waals surface area contributed by atoms with Gasteiger partial charge in [-0.3, -0.25) is 0 Å². The van der Waals surface area contributed by atoms with E-state index in [-0.39, 0.29) is 13.2 Å². The Morgan fingerprint density at radius 3 is 2.11 bits per heavy atom. The molecule has 100 valence electrons. The number of hydrogen-bond donors (Lipinski definition) is 1. The van der Waals surface area contributed by atoms with Gasteiger partial charge in [0.25, 0.3) is 0 Å². The van der Waals surface area contributed by atoms with Gasteiger partial charge in [-0.1, -0.05) is 30.8 Å². The second-order valence-corrected chi connectivity index (χ2v) is 4.08. The van der Waals surface area contributed by atoms with Crippen LogP contribution in [0.3, 0.4) is 0 Å². The first-order chi connectivity index (χ1) is 8.49. The minimum atomic E-state index is -0.395. The van der Waals surface area contributed by atoms with Crippen molar-refractivity contribution in [1.82, 2.24) is 0 Å². The molecule has 0 heterocycles. The molecule has 0 aliphatic heterocycles. The van der Waals surface area contributed by atoms with Crippen molar-refractivity contribution in [2.45, 2.75) is 27.2 Å². The van der Waals surface area contributed by atoms with Crippen LogP contribution in [0.25, 0.3) is 0 Å². The molecule has 0 unspecified atom stereocenters. The summed E-state index contributed by atoms with van der Waals surface area (Å²) in [5, 5.41) is 8.30. The Morgan fingerprint density at radius 1 is 1.28 bits per heavy atom. The average molecular weight is 250 g/mol. The molecule has 0 spiro atoms. The van der Waals surface area contributed by atoms with Gasteiger partial charge >= 0.3 is 5.97 Å². The largest absolute Gasteiger partial charge is 0.462 e. The Kier molecular flexibility index (Phi) is 8.58. The number of benzene rings is 1. The zero-order valence-electron chi connectivity index (χ0n) is 11.4. The molecule has 1 rings (SSSR count). The fourth-order valence-corrected chi connectivity index (χ4v) is 1.02. The molecule has 0 amide bonds. The van der Waals surface area contributed by atoms with E-state index in [0.717, 1.165) is 0 Å². The molecule has 0 aliphatic carbocycles. The lowest BCUT2D eigenvalue weighted by Crippen LogP contribution is -2.06. The van der Waals surface area contributed by atoms with Gasteiger partial charge in [-0.05, 0) is 31.9 Å². The quantitative estimate of drug-likeness (QED) is 0.508. The van der Waals surface area contributed by atoms with Crippen LogP contribution in [0.5, 0.6) is 0 Å². The van der Waals surface area contributed by atoms with Crippen LogP contribution in [0.2, 0.25) is 0 Å². The van der Waals surface area contributed by atoms with Crippen molar-refractivity contribution in [3.63, 3.8) is 0 Å². The predicted octanol–water partition coefficient (Wildman–Crippen LogP) is 2.79. The van der Waals surface area contributed by atoms with Gasteiger partial charge in [0.05, 0.1) is 6.61 Å². The second kappa shape index (κ2) is 9.42. The van der Waals surface area contributed by atoms with Crippen LogP contribution in [-0.4, -0.2) is 24.3 Å². The Hall–Kier alpha value is -1.61. The van der Waals surface area contributed by atoms with Gasteiger partial charge in [-0.15, -0.1) is 0 Å². The maximum Gasteiger partial charge on any atom is 0.333 e. The number of aryl methyl sites for hydroxylation is 2. The van der Waals surface area contributed by atoms with Crippen molar-refractivity contribution in [2.75, 3.05) is 13.2 Å². The van der Waals surface area contributed by atoms with E-state index in [9.17, 15) is 4.79 Å². The summed E-state index contributed by atoms with van der Waals surface area (Å²) in [6.45, 7) is 9.53. The molecule has 1 aromatic carbocycles. The summed E-state index contributed by atoms with van der Waals surface area (Å²) in [6, 6.07) is 8.36. The van der Waals surface area contributed by atoms with Crippen LogP contribution in [-0.2, 0) is 9.53 Å². The van der Waals surface area contributed by atoms with Crippen molar-refractivity contribution >= 4 is 5.97 Å². The monoisotopic (exact) mass is 250 g/mol. The summed E-state index contributed by atoms with van der Waals surface area (Å²) in [4.78, 5) is 10.6. The van der Waals surface area contributed by atoms with E-state index < -0.39 is 5.97 Å². The fourth-order valence-electron chi connectivity index (χ4n) is 1.02. The highest BCUT2D eigenvalue weighted by molar-refractivity contribution is 5.86. The van der Waals surface area contributed by atoms with Crippen molar-refractivity contribution in [3.05, 3.63) is 47.5 Å². The van der Waals surface area contributed by atoms with E-state index in [0.29, 0.717) is 12.0 Å². The summed E-state index contributed by atoms with van der Waals surface area (Å²) >= 11 is 0. The minimum absolute atomic E-state index is 0.0451. The normalized spacial score (nSPS) is 9.11. The molecule has 0 aromatic heterocycles. The maximum atomic E-state index is 10.6. The van der Waals surface area contributed by atoms with E-state index in [1.165, 1.54) is 11.1 Å². The van der Waals surface area contributed by atoms with Crippen LogP contribution in [0.15, 0.2) is 36.4 Å². The Labute approximate surface area is 109 Å². The number of esters is 1. The zero-order chi connectivity index (χ0) is 14.0. The molecular formula is C15H22O3. The molecule has 3 heteroatoms. The highest BCUT2D eigenvalue weighted by Gasteiger charge is 2.00. The fraction of sp³-hybridized carbons (Fsp3) is 0.400. The van der Waals surface area contributed by atoms with Gasteiger partial charge in [0.2, 0.25) is 0 Å². The molecule has 18 heavy (non-hydrogen) atoms. The third kappa shape index (κ3) is 7.63. The topological polar surface area (TPSA) is 46.5 Å². The van der Waals surface area contributed by atoms with Crippen LogP contribution in [0, 0.1) is 13.8 Å². The van der Waals surface area contributed by atoms with Crippen molar-refractivity contribution in [2.24, 2.45) is 0 Å². The summed E-state index contributed by atoms with van der Waals surface area (Å²) in [5.41, 5.74) is 3.12. The van der Waals surface area contributed by atoms with Crippen LogP contribution in [0.1, 0.15) is 24.5 Å². The average Bonchev–Trinajstić information content (AvgIpc) is 2.34. The number of aliphatic hydroxyl groups excluding tert-OH is 1. The number of aliphatic hydroxyl groups is 1. The third-order valence-corrected chi connectivity index (χ3v) is 2.31. The molecule has 3 nitrogen and oxygen atoms in total. The molecule has 0 saturated carbocycles. The minimum Gasteiger partial charge on any atom is -0.462 e. The van der Waals surface area contributed by atoms with E-state index in [2.05, 4.69) is 49.4 Å². The van der Waals surface area contributed by atoms with Crippen molar-refractivity contribution in [3.8, 4) is 0 Å². The van der Waals surface area contributed by atoms with E-state index in [1.54, 1.807) is 6.92 Å². The van der Waals surface area contributed by atoms with Gasteiger partial charge in [-0.2, -0.15) is 0 Å². The van der Waals surface area contributed by atoms with Gasteiger partial charge in [0.1, 0.15) is 0 Å². The number of carbonyl (C=O) groups excluding carboxylic acids is 1. The molecular weight excluding hydrogens is 228 g/mol. The van der Waals surface area contributed by atoms with Crippen LogP contribution < -0.4 is 0 Å². The molecule has 0 bridgehead atoms. The van der Waals surface area contributed by atoms with Gasteiger partial charge < -0.3 is 9.84 Å². The highest BCUT2D eigenvalue weighted by atomic mass is 16.5. The number of carbonyl (C=O) groups is 1. The van der Waals surface area contributed by atoms with Gasteiger partial charge in [-0.25, -0.2) is 4.79 Å². The third-order valence-electron chi connectivity index (χ3n) is 2.31. The van der Waals surface area contributed by atoms with Crippen molar-refractivity contribution < 1.29 is 14.6 Å². The SMILES string of the molecule is C=C(C)C(=O)OCCCO.Cc1ccccc1C. The smallest absolute Gasteiger partial charge is 0.333 e. The number of rotatable bonds is 4. The summed E-state index contributed by atoms with van der Waals surface area (Å²) in [7, 11) is 0. The van der Waals surface area contributed by atoms with E-state index in [1.807, 2.05) is 0 Å². The summed E-state index contributed by atoms with van der Waals surface area (Å²) in [6.07, 6.45) is 0.485. The summed E-state index contributed by atoms with van der Waals surface area (Å²) in [5.74, 6) is -0.395. The standard InChI is InChI=1S/C8H10.C7H12O3/c1-7-5-3-4-6-8(7)2;1-6(2)7(9)10-5-3-4-8/h3-6H,1-2H3;8H,1,3-5H2,2H3. The maximum absolute atomic E-state index is 10.6. The molecule has 0 atom stereocenters. The highest BCUT2D eigenvalue weighted by Crippen LogP contribution is 2.02. The first kappa shape index (κ1) is 16.4. The number of hydrogen-bond acceptors (Lipinski definition) is 3. The van der Waals surface area contributed by atoms with E-state index in [4.69, 9.17) is 5.11 Å². The lowest BCUT2D eigenvalue weighted by Gasteiger charge is -2.00. The molecule has 1 N–H and O–H groups in total. The lowest BCUT2D eigenvalue weighted by atomic mass is 10.1. The molecule has 1 aromatic rings. The summed E-state index contributed by atoms with van der Waals surface area (Å²) < 4.78 is 4.65. The Morgan fingerprint density at radius 2 is 1.78 bits per heavy atom. The first-order valence-electron chi connectivity index (χ1n) is 5.94. The van der Waals surface area contributed by atoms with Crippen LogP contribution in [0.4, 0.5) is 0 Å². The predicted molar refractivity (Wildman–Crippen MR) is 73.4 cm³/mol. The zero-order valence-corrected chi connectivity index (χ0v) is 11.4.